The normalized spacial score (nSPS) is 13.9. The van der Waals surface area contributed by atoms with E-state index in [1.807, 2.05) is 19.0 Å². The Kier molecular flexibility index (Phi) is 34.4. The van der Waals surface area contributed by atoms with E-state index in [2.05, 4.69) is 50.3 Å². The van der Waals surface area contributed by atoms with E-state index < -0.39 is 32.5 Å². The Balaban J connectivity index is 4.41. The van der Waals surface area contributed by atoms with Gasteiger partial charge < -0.3 is 19.3 Å². The second kappa shape index (κ2) is 35.6. The van der Waals surface area contributed by atoms with Crippen LogP contribution in [0.5, 0.6) is 0 Å². The molecule has 0 saturated heterocycles. The first kappa shape index (κ1) is 48.2. The number of nitrogens with zero attached hydrogens (tertiary/aromatic N) is 1. The van der Waals surface area contributed by atoms with Crippen LogP contribution in [0.1, 0.15) is 162 Å². The van der Waals surface area contributed by atoms with E-state index in [9.17, 15) is 19.0 Å². The molecule has 292 valence electrons. The summed E-state index contributed by atoms with van der Waals surface area (Å²) in [4.78, 5) is 36.8. The van der Waals surface area contributed by atoms with Crippen LogP contribution in [0.15, 0.2) is 36.5 Å². The zero-order valence-corrected chi connectivity index (χ0v) is 33.2. The summed E-state index contributed by atoms with van der Waals surface area (Å²) in [6.07, 6.45) is 36.2. The Morgan fingerprint density at radius 2 is 1.08 bits per heavy atom. The largest absolute Gasteiger partial charge is 0.472 e. The van der Waals surface area contributed by atoms with Crippen LogP contribution in [-0.4, -0.2) is 68.3 Å². The third-order valence-electron chi connectivity index (χ3n) is 8.20. The first-order chi connectivity index (χ1) is 24.2. The third-order valence-corrected chi connectivity index (χ3v) is 9.18. The molecule has 0 amide bonds. The highest BCUT2D eigenvalue weighted by molar-refractivity contribution is 7.47. The molecule has 0 aliphatic carbocycles. The molecular weight excluding hydrogens is 653 g/mol. The van der Waals surface area contributed by atoms with Gasteiger partial charge in [0.1, 0.15) is 6.61 Å². The van der Waals surface area contributed by atoms with Crippen molar-refractivity contribution in [3.8, 4) is 0 Å². The number of carbonyl (C=O) groups excluding carboxylic acids is 2. The van der Waals surface area contributed by atoms with Gasteiger partial charge in [-0.15, -0.1) is 0 Å². The van der Waals surface area contributed by atoms with E-state index in [1.165, 1.54) is 77.0 Å². The molecular formula is C40H74NO8P. The fraction of sp³-hybridized carbons (Fsp3) is 0.800. The van der Waals surface area contributed by atoms with Gasteiger partial charge in [-0.25, -0.2) is 4.57 Å². The van der Waals surface area contributed by atoms with Crippen LogP contribution in [0.2, 0.25) is 0 Å². The van der Waals surface area contributed by atoms with Gasteiger partial charge in [-0.1, -0.05) is 134 Å². The lowest BCUT2D eigenvalue weighted by molar-refractivity contribution is -0.161. The second-order valence-corrected chi connectivity index (χ2v) is 14.9. The standard InChI is InChI=1S/C40H74NO8P/c1-5-7-9-11-13-15-17-19-20-21-23-24-26-28-30-32-39(42)46-36-38(37-48-50(44,45)47-35-34-41(3)4)49-40(43)33-31-29-27-25-22-18-16-14-12-10-8-6-2/h13,15,19-20,23-24,38H,5-12,14,16-18,21-22,25-37H2,1-4H3,(H,44,45)/b15-13-,20-19-,24-23-. The summed E-state index contributed by atoms with van der Waals surface area (Å²) in [6.45, 7) is 4.23. The van der Waals surface area contributed by atoms with Crippen molar-refractivity contribution in [1.29, 1.82) is 0 Å². The van der Waals surface area contributed by atoms with E-state index in [1.54, 1.807) is 0 Å². The van der Waals surface area contributed by atoms with Crippen molar-refractivity contribution < 1.29 is 37.6 Å². The quantitative estimate of drug-likeness (QED) is 0.0292. The molecule has 1 N–H and O–H groups in total. The molecule has 0 heterocycles. The zero-order valence-electron chi connectivity index (χ0n) is 32.3. The molecule has 0 aromatic carbocycles. The van der Waals surface area contributed by atoms with Crippen molar-refractivity contribution in [1.82, 2.24) is 4.90 Å². The average molecular weight is 728 g/mol. The first-order valence-corrected chi connectivity index (χ1v) is 21.3. The fourth-order valence-electron chi connectivity index (χ4n) is 5.10. The number of hydrogen-bond acceptors (Lipinski definition) is 8. The van der Waals surface area contributed by atoms with Crippen LogP contribution >= 0.6 is 7.82 Å². The minimum absolute atomic E-state index is 0.00190. The van der Waals surface area contributed by atoms with Crippen molar-refractivity contribution >= 4 is 19.8 Å². The topological polar surface area (TPSA) is 112 Å². The SMILES string of the molecule is CCCCC/C=C\C/C=C\C/C=C\CCCCC(=O)OCC(COP(=O)(O)OCCN(C)C)OC(=O)CCCCCCCCCCCCCC. The molecule has 50 heavy (non-hydrogen) atoms. The predicted octanol–water partition coefficient (Wildman–Crippen LogP) is 10.8. The molecule has 0 aliphatic heterocycles. The molecule has 0 spiro atoms. The molecule has 0 bridgehead atoms. The van der Waals surface area contributed by atoms with Gasteiger partial charge in [-0.2, -0.15) is 0 Å². The lowest BCUT2D eigenvalue weighted by atomic mass is 10.0. The summed E-state index contributed by atoms with van der Waals surface area (Å²) >= 11 is 0. The van der Waals surface area contributed by atoms with Crippen molar-refractivity contribution in [3.05, 3.63) is 36.5 Å². The first-order valence-electron chi connectivity index (χ1n) is 19.8. The van der Waals surface area contributed by atoms with Crippen LogP contribution in [0.4, 0.5) is 0 Å². The molecule has 9 nitrogen and oxygen atoms in total. The molecule has 0 radical (unpaired) electrons. The van der Waals surface area contributed by atoms with Gasteiger partial charge in [0.15, 0.2) is 6.10 Å². The van der Waals surface area contributed by atoms with Crippen LogP contribution < -0.4 is 0 Å². The van der Waals surface area contributed by atoms with Crippen LogP contribution in [-0.2, 0) is 32.7 Å². The maximum absolute atomic E-state index is 12.6. The Morgan fingerprint density at radius 3 is 1.64 bits per heavy atom. The number of carbonyl (C=O) groups is 2. The predicted molar refractivity (Wildman–Crippen MR) is 206 cm³/mol. The maximum atomic E-state index is 12.6. The van der Waals surface area contributed by atoms with Gasteiger partial charge in [0.2, 0.25) is 0 Å². The molecule has 0 saturated carbocycles. The van der Waals surface area contributed by atoms with Crippen molar-refractivity contribution in [2.45, 2.75) is 168 Å². The lowest BCUT2D eigenvalue weighted by Crippen LogP contribution is -2.29. The fourth-order valence-corrected chi connectivity index (χ4v) is 5.85. The van der Waals surface area contributed by atoms with E-state index >= 15 is 0 Å². The molecule has 0 aliphatic rings. The smallest absolute Gasteiger partial charge is 0.462 e. The second-order valence-electron chi connectivity index (χ2n) is 13.5. The Morgan fingerprint density at radius 1 is 0.620 bits per heavy atom. The van der Waals surface area contributed by atoms with E-state index in [-0.39, 0.29) is 26.1 Å². The van der Waals surface area contributed by atoms with E-state index in [4.69, 9.17) is 18.5 Å². The number of phosphoric acid groups is 1. The van der Waals surface area contributed by atoms with Gasteiger partial charge in [0.25, 0.3) is 0 Å². The highest BCUT2D eigenvalue weighted by Gasteiger charge is 2.26. The zero-order chi connectivity index (χ0) is 37.0. The van der Waals surface area contributed by atoms with Crippen molar-refractivity contribution in [2.75, 3.05) is 40.5 Å². The summed E-state index contributed by atoms with van der Waals surface area (Å²) in [5, 5.41) is 0. The average Bonchev–Trinajstić information content (AvgIpc) is 3.08. The number of likely N-dealkylation sites (N-methyl/N-ethyl adjacent to an activating group) is 1. The van der Waals surface area contributed by atoms with Gasteiger partial charge in [0.05, 0.1) is 13.2 Å². The minimum Gasteiger partial charge on any atom is -0.462 e. The van der Waals surface area contributed by atoms with Gasteiger partial charge in [0, 0.05) is 19.4 Å². The molecule has 2 atom stereocenters. The highest BCUT2D eigenvalue weighted by atomic mass is 31.2. The Bertz CT molecular complexity index is 936. The molecule has 0 aromatic rings. The number of unbranched alkanes of at least 4 members (excludes halogenated alkanes) is 16. The maximum Gasteiger partial charge on any atom is 0.472 e. The van der Waals surface area contributed by atoms with Crippen molar-refractivity contribution in [2.24, 2.45) is 0 Å². The van der Waals surface area contributed by atoms with Crippen LogP contribution in [0.3, 0.4) is 0 Å². The minimum atomic E-state index is -4.36. The van der Waals surface area contributed by atoms with E-state index in [0.717, 1.165) is 44.9 Å². The highest BCUT2D eigenvalue weighted by Crippen LogP contribution is 2.43. The molecule has 0 aromatic heterocycles. The monoisotopic (exact) mass is 728 g/mol. The third kappa shape index (κ3) is 36.0. The molecule has 0 rings (SSSR count). The molecule has 0 fully saturated rings. The number of rotatable bonds is 36. The van der Waals surface area contributed by atoms with Gasteiger partial charge >= 0.3 is 19.8 Å². The van der Waals surface area contributed by atoms with Crippen molar-refractivity contribution in [3.63, 3.8) is 0 Å². The Labute approximate surface area is 306 Å². The van der Waals surface area contributed by atoms with Gasteiger partial charge in [-0.3, -0.25) is 18.6 Å². The summed E-state index contributed by atoms with van der Waals surface area (Å²) in [5.74, 6) is -0.848. The number of ether oxygens (including phenoxy) is 2. The number of hydrogen-bond donors (Lipinski definition) is 1. The van der Waals surface area contributed by atoms with Crippen LogP contribution in [0, 0.1) is 0 Å². The number of esters is 2. The Hall–Kier alpha value is -1.77. The summed E-state index contributed by atoms with van der Waals surface area (Å²) in [6, 6.07) is 0. The van der Waals surface area contributed by atoms with E-state index in [0.29, 0.717) is 19.4 Å². The summed E-state index contributed by atoms with van der Waals surface area (Å²) in [7, 11) is -0.725. The number of allylic oxidation sites excluding steroid dienone is 6. The molecule has 2 unspecified atom stereocenters. The summed E-state index contributed by atoms with van der Waals surface area (Å²) in [5.41, 5.74) is 0. The summed E-state index contributed by atoms with van der Waals surface area (Å²) < 4.78 is 33.3. The van der Waals surface area contributed by atoms with Crippen LogP contribution in [0.25, 0.3) is 0 Å². The lowest BCUT2D eigenvalue weighted by Gasteiger charge is -2.20. The molecule has 10 heteroatoms. The van der Waals surface area contributed by atoms with Gasteiger partial charge in [-0.05, 0) is 65.5 Å². The number of phosphoric ester groups is 1.